The summed E-state index contributed by atoms with van der Waals surface area (Å²) in [5, 5.41) is 11.1. The molecule has 1 amide bonds. The molecule has 1 fully saturated rings. The molecule has 0 saturated carbocycles. The predicted molar refractivity (Wildman–Crippen MR) is 87.9 cm³/mol. The zero-order chi connectivity index (χ0) is 17.9. The molecule has 130 valence electrons. The highest BCUT2D eigenvalue weighted by Gasteiger charge is 2.27. The lowest BCUT2D eigenvalue weighted by Gasteiger charge is -2.34. The van der Waals surface area contributed by atoms with Gasteiger partial charge in [0.2, 0.25) is 0 Å². The van der Waals surface area contributed by atoms with Crippen LogP contribution in [-0.4, -0.2) is 41.4 Å². The number of hydrogen-bond donors (Lipinski definition) is 0. The van der Waals surface area contributed by atoms with Gasteiger partial charge in [0.05, 0.1) is 4.92 Å². The minimum atomic E-state index is -0.912. The van der Waals surface area contributed by atoms with Crippen LogP contribution in [0.1, 0.15) is 30.6 Å². The number of rotatable bonds is 4. The lowest BCUT2D eigenvalue weighted by Crippen LogP contribution is -2.44. The van der Waals surface area contributed by atoms with Crippen LogP contribution in [0, 0.1) is 22.0 Å². The van der Waals surface area contributed by atoms with Crippen molar-refractivity contribution in [3.05, 3.63) is 38.9 Å². The third-order valence-corrected chi connectivity index (χ3v) is 4.16. The molecule has 0 aliphatic carbocycles. The Hall–Kier alpha value is -2.15. The van der Waals surface area contributed by atoms with Gasteiger partial charge in [-0.05, 0) is 30.4 Å². The van der Waals surface area contributed by atoms with Crippen LogP contribution in [-0.2, 0) is 9.53 Å². The third-order valence-electron chi connectivity index (χ3n) is 3.92. The summed E-state index contributed by atoms with van der Waals surface area (Å²) in [4.78, 5) is 36.2. The van der Waals surface area contributed by atoms with Crippen LogP contribution < -0.4 is 0 Å². The Kier molecular flexibility index (Phi) is 5.77. The summed E-state index contributed by atoms with van der Waals surface area (Å²) < 4.78 is 4.97. The van der Waals surface area contributed by atoms with Crippen molar-refractivity contribution in [3.63, 3.8) is 0 Å². The second kappa shape index (κ2) is 7.61. The van der Waals surface area contributed by atoms with E-state index < -0.39 is 23.2 Å². The summed E-state index contributed by atoms with van der Waals surface area (Å²) in [6.07, 6.45) is 1.06. The third kappa shape index (κ3) is 4.44. The number of amides is 1. The molecule has 0 unspecified atom stereocenters. The van der Waals surface area contributed by atoms with Gasteiger partial charge in [-0.25, -0.2) is 4.79 Å². The average Bonchev–Trinajstić information content (AvgIpc) is 2.51. The monoisotopic (exact) mass is 354 g/mol. The number of ether oxygens (including phenoxy) is 1. The van der Waals surface area contributed by atoms with E-state index in [4.69, 9.17) is 16.3 Å². The summed E-state index contributed by atoms with van der Waals surface area (Å²) in [5.41, 5.74) is -0.669. The van der Waals surface area contributed by atoms with Crippen LogP contribution in [0.3, 0.4) is 0 Å². The number of likely N-dealkylation sites (tertiary alicyclic amines) is 1. The van der Waals surface area contributed by atoms with E-state index in [1.54, 1.807) is 4.90 Å². The molecule has 0 spiro atoms. The van der Waals surface area contributed by atoms with Crippen molar-refractivity contribution >= 4 is 29.2 Å². The molecule has 1 heterocycles. The van der Waals surface area contributed by atoms with Crippen molar-refractivity contribution in [1.29, 1.82) is 0 Å². The number of nitro groups is 1. The first-order valence-corrected chi connectivity index (χ1v) is 8.04. The number of esters is 1. The van der Waals surface area contributed by atoms with Crippen molar-refractivity contribution in [2.24, 2.45) is 11.8 Å². The molecule has 1 aromatic carbocycles. The maximum atomic E-state index is 12.2. The molecular formula is C16H19ClN2O5. The molecule has 0 bridgehead atoms. The minimum absolute atomic E-state index is 0.144. The standard InChI is InChI=1S/C16H19ClN2O5/c1-10-5-11(2)8-18(7-10)15(20)9-24-16(21)13-4-3-12(17)6-14(13)19(22)23/h3-4,6,10-11H,5,7-9H2,1-2H3/t10-,11+. The van der Waals surface area contributed by atoms with Crippen LogP contribution in [0.4, 0.5) is 5.69 Å². The Bertz CT molecular complexity index is 654. The van der Waals surface area contributed by atoms with Crippen molar-refractivity contribution in [2.45, 2.75) is 20.3 Å². The van der Waals surface area contributed by atoms with Crippen LogP contribution in [0.2, 0.25) is 5.02 Å². The molecule has 7 nitrogen and oxygen atoms in total. The first kappa shape index (κ1) is 18.2. The molecule has 0 N–H and O–H groups in total. The van der Waals surface area contributed by atoms with E-state index >= 15 is 0 Å². The van der Waals surface area contributed by atoms with E-state index in [9.17, 15) is 19.7 Å². The number of carbonyl (C=O) groups excluding carboxylic acids is 2. The summed E-state index contributed by atoms with van der Waals surface area (Å²) >= 11 is 5.70. The van der Waals surface area contributed by atoms with E-state index in [1.165, 1.54) is 12.1 Å². The van der Waals surface area contributed by atoms with E-state index in [0.717, 1.165) is 12.5 Å². The van der Waals surface area contributed by atoms with Gasteiger partial charge in [-0.2, -0.15) is 0 Å². The van der Waals surface area contributed by atoms with Crippen molar-refractivity contribution in [3.8, 4) is 0 Å². The van der Waals surface area contributed by atoms with E-state index in [-0.39, 0.29) is 16.5 Å². The number of benzene rings is 1. The zero-order valence-electron chi connectivity index (χ0n) is 13.5. The van der Waals surface area contributed by atoms with Gasteiger partial charge in [0.25, 0.3) is 11.6 Å². The van der Waals surface area contributed by atoms with Crippen LogP contribution in [0.5, 0.6) is 0 Å². The minimum Gasteiger partial charge on any atom is -0.452 e. The number of piperidine rings is 1. The summed E-state index contributed by atoms with van der Waals surface area (Å²) in [6.45, 7) is 4.96. The fourth-order valence-electron chi connectivity index (χ4n) is 2.99. The predicted octanol–water partition coefficient (Wildman–Crippen LogP) is 2.91. The number of halogens is 1. The van der Waals surface area contributed by atoms with Gasteiger partial charge in [0.1, 0.15) is 5.56 Å². The number of hydrogen-bond acceptors (Lipinski definition) is 5. The van der Waals surface area contributed by atoms with Gasteiger partial charge < -0.3 is 9.64 Å². The molecule has 2 rings (SSSR count). The Morgan fingerprint density at radius 1 is 1.33 bits per heavy atom. The van der Waals surface area contributed by atoms with E-state index in [2.05, 4.69) is 13.8 Å². The Labute approximate surface area is 144 Å². The quantitative estimate of drug-likeness (QED) is 0.471. The topological polar surface area (TPSA) is 89.8 Å². The van der Waals surface area contributed by atoms with Gasteiger partial charge >= 0.3 is 5.97 Å². The smallest absolute Gasteiger partial charge is 0.345 e. The fraction of sp³-hybridized carbons (Fsp3) is 0.500. The van der Waals surface area contributed by atoms with Crippen LogP contribution in [0.25, 0.3) is 0 Å². The largest absolute Gasteiger partial charge is 0.452 e. The second-order valence-corrected chi connectivity index (χ2v) is 6.68. The molecule has 24 heavy (non-hydrogen) atoms. The summed E-state index contributed by atoms with van der Waals surface area (Å²) in [5.74, 6) is -0.417. The first-order valence-electron chi connectivity index (χ1n) is 7.66. The Balaban J connectivity index is 2.00. The molecule has 1 aliphatic heterocycles. The molecule has 0 radical (unpaired) electrons. The normalized spacial score (nSPS) is 20.5. The molecule has 1 aromatic rings. The first-order chi connectivity index (χ1) is 11.3. The second-order valence-electron chi connectivity index (χ2n) is 6.24. The molecule has 0 aromatic heterocycles. The molecule has 1 saturated heterocycles. The van der Waals surface area contributed by atoms with Crippen molar-refractivity contribution < 1.29 is 19.2 Å². The Morgan fingerprint density at radius 3 is 2.54 bits per heavy atom. The lowest BCUT2D eigenvalue weighted by atomic mass is 9.92. The molecular weight excluding hydrogens is 336 g/mol. The number of nitro benzene ring substituents is 1. The van der Waals surface area contributed by atoms with Gasteiger partial charge in [0.15, 0.2) is 6.61 Å². The zero-order valence-corrected chi connectivity index (χ0v) is 14.3. The lowest BCUT2D eigenvalue weighted by molar-refractivity contribution is -0.385. The van der Waals surface area contributed by atoms with E-state index in [1.807, 2.05) is 0 Å². The highest BCUT2D eigenvalue weighted by molar-refractivity contribution is 6.31. The number of carbonyl (C=O) groups is 2. The van der Waals surface area contributed by atoms with Gasteiger partial charge in [-0.1, -0.05) is 25.4 Å². The maximum Gasteiger partial charge on any atom is 0.345 e. The molecule has 1 aliphatic rings. The molecule has 2 atom stereocenters. The van der Waals surface area contributed by atoms with Gasteiger partial charge in [0, 0.05) is 24.2 Å². The highest BCUT2D eigenvalue weighted by atomic mass is 35.5. The summed E-state index contributed by atoms with van der Waals surface area (Å²) in [7, 11) is 0. The Morgan fingerprint density at radius 2 is 1.96 bits per heavy atom. The summed E-state index contributed by atoms with van der Waals surface area (Å²) in [6, 6.07) is 3.66. The van der Waals surface area contributed by atoms with Gasteiger partial charge in [-0.15, -0.1) is 0 Å². The van der Waals surface area contributed by atoms with Crippen molar-refractivity contribution in [2.75, 3.05) is 19.7 Å². The highest BCUT2D eigenvalue weighted by Crippen LogP contribution is 2.24. The number of nitrogens with zero attached hydrogens (tertiary/aromatic N) is 2. The van der Waals surface area contributed by atoms with Crippen LogP contribution >= 0.6 is 11.6 Å². The fourth-order valence-corrected chi connectivity index (χ4v) is 3.16. The van der Waals surface area contributed by atoms with Crippen LogP contribution in [0.15, 0.2) is 18.2 Å². The van der Waals surface area contributed by atoms with Crippen molar-refractivity contribution in [1.82, 2.24) is 4.90 Å². The SMILES string of the molecule is C[C@@H]1C[C@H](C)CN(C(=O)COC(=O)c2ccc(Cl)cc2[N+](=O)[O-])C1. The van der Waals surface area contributed by atoms with E-state index in [0.29, 0.717) is 24.9 Å². The maximum absolute atomic E-state index is 12.2. The molecule has 8 heteroatoms. The van der Waals surface area contributed by atoms with Gasteiger partial charge in [-0.3, -0.25) is 14.9 Å². The average molecular weight is 355 g/mol.